The van der Waals surface area contributed by atoms with E-state index in [1.54, 1.807) is 38.1 Å². The predicted molar refractivity (Wildman–Crippen MR) is 133 cm³/mol. The summed E-state index contributed by atoms with van der Waals surface area (Å²) in [5.41, 5.74) is 2.39. The van der Waals surface area contributed by atoms with Crippen LogP contribution in [0, 0.1) is 10.1 Å². The molecule has 0 unspecified atom stereocenters. The predicted octanol–water partition coefficient (Wildman–Crippen LogP) is 5.97. The molecule has 0 atom stereocenters. The lowest BCUT2D eigenvalue weighted by Gasteiger charge is -2.17. The van der Waals surface area contributed by atoms with E-state index in [-0.39, 0.29) is 11.5 Å². The highest BCUT2D eigenvalue weighted by Crippen LogP contribution is 2.41. The molecular weight excluding hydrogens is 444 g/mol. The largest absolute Gasteiger partial charge is 0.487 e. The minimum absolute atomic E-state index is 0.0260. The SMILES string of the molecule is CC1(C)OC(c2ccc([N+](=O)[O-])cc2)=C(c2ccc(OCc3ccc4ccccc4n3)cc2)C1=O. The number of nitrogens with zero attached hydrogens (tertiary/aromatic N) is 2. The summed E-state index contributed by atoms with van der Waals surface area (Å²) in [4.78, 5) is 28.3. The van der Waals surface area contributed by atoms with E-state index in [9.17, 15) is 14.9 Å². The number of aromatic nitrogens is 1. The minimum atomic E-state index is -1.04. The molecule has 7 heteroatoms. The Balaban J connectivity index is 1.39. The van der Waals surface area contributed by atoms with Gasteiger partial charge in [-0.1, -0.05) is 36.4 Å². The molecule has 0 aliphatic carbocycles. The van der Waals surface area contributed by atoms with Crippen molar-refractivity contribution in [2.75, 3.05) is 0 Å². The summed E-state index contributed by atoms with van der Waals surface area (Å²) < 4.78 is 11.9. The Labute approximate surface area is 201 Å². The molecule has 0 spiro atoms. The van der Waals surface area contributed by atoms with Crippen molar-refractivity contribution in [1.29, 1.82) is 0 Å². The molecule has 7 nitrogen and oxygen atoms in total. The highest BCUT2D eigenvalue weighted by molar-refractivity contribution is 6.32. The highest BCUT2D eigenvalue weighted by Gasteiger charge is 2.42. The molecule has 0 bridgehead atoms. The molecular formula is C28H22N2O5. The van der Waals surface area contributed by atoms with Crippen LogP contribution in [0.2, 0.25) is 0 Å². The van der Waals surface area contributed by atoms with Crippen LogP contribution in [-0.2, 0) is 16.1 Å². The Bertz CT molecular complexity index is 1470. The highest BCUT2D eigenvalue weighted by atomic mass is 16.6. The second-order valence-electron chi connectivity index (χ2n) is 8.76. The quantitative estimate of drug-likeness (QED) is 0.257. The van der Waals surface area contributed by atoms with E-state index in [0.717, 1.165) is 16.6 Å². The van der Waals surface area contributed by atoms with Crippen molar-refractivity contribution in [2.45, 2.75) is 26.1 Å². The fraction of sp³-hybridized carbons (Fsp3) is 0.143. The van der Waals surface area contributed by atoms with E-state index in [1.165, 1.54) is 12.1 Å². The normalized spacial score (nSPS) is 14.7. The standard InChI is InChI=1S/C28H22N2O5/c1-28(2)27(31)25(26(35-28)20-8-13-22(14-9-20)30(32)33)19-10-15-23(16-11-19)34-17-21-12-7-18-5-3-4-6-24(18)29-21/h3-16H,17H2,1-2H3. The topological polar surface area (TPSA) is 91.6 Å². The fourth-order valence-corrected chi connectivity index (χ4v) is 4.02. The van der Waals surface area contributed by atoms with Crippen LogP contribution in [0.4, 0.5) is 5.69 Å². The zero-order valence-corrected chi connectivity index (χ0v) is 19.2. The number of benzene rings is 3. The first-order chi connectivity index (χ1) is 16.8. The molecule has 1 aliphatic heterocycles. The number of ketones is 1. The van der Waals surface area contributed by atoms with Gasteiger partial charge in [-0.2, -0.15) is 0 Å². The number of hydrogen-bond acceptors (Lipinski definition) is 6. The molecule has 2 heterocycles. The number of Topliss-reactive ketones (excluding diaryl/α,β-unsaturated/α-hetero) is 1. The van der Waals surface area contributed by atoms with Gasteiger partial charge in [-0.3, -0.25) is 14.9 Å². The lowest BCUT2D eigenvalue weighted by molar-refractivity contribution is -0.384. The van der Waals surface area contributed by atoms with Crippen molar-refractivity contribution < 1.29 is 19.2 Å². The molecule has 35 heavy (non-hydrogen) atoms. The molecule has 0 amide bonds. The number of fused-ring (bicyclic) bond motifs is 1. The Morgan fingerprint density at radius 2 is 1.60 bits per heavy atom. The van der Waals surface area contributed by atoms with Crippen LogP contribution in [-0.4, -0.2) is 21.3 Å². The summed E-state index contributed by atoms with van der Waals surface area (Å²) in [6.45, 7) is 3.74. The van der Waals surface area contributed by atoms with Gasteiger partial charge in [0.1, 0.15) is 18.1 Å². The fourth-order valence-electron chi connectivity index (χ4n) is 4.02. The second-order valence-corrected chi connectivity index (χ2v) is 8.76. The number of pyridine rings is 1. The molecule has 0 N–H and O–H groups in total. The Hall–Kier alpha value is -4.52. The van der Waals surface area contributed by atoms with Crippen LogP contribution in [0.15, 0.2) is 84.9 Å². The van der Waals surface area contributed by atoms with E-state index >= 15 is 0 Å². The Kier molecular flexibility index (Phi) is 5.53. The van der Waals surface area contributed by atoms with Crippen LogP contribution in [0.25, 0.3) is 22.2 Å². The molecule has 0 radical (unpaired) electrons. The summed E-state index contributed by atoms with van der Waals surface area (Å²) in [6, 6.07) is 25.1. The number of nitro benzene ring substituents is 1. The zero-order chi connectivity index (χ0) is 24.6. The second kappa shape index (κ2) is 8.68. The number of non-ortho nitro benzene ring substituents is 1. The van der Waals surface area contributed by atoms with Crippen molar-refractivity contribution >= 4 is 33.7 Å². The van der Waals surface area contributed by atoms with Crippen molar-refractivity contribution in [3.05, 3.63) is 112 Å². The average Bonchev–Trinajstić information content (AvgIpc) is 3.11. The first-order valence-corrected chi connectivity index (χ1v) is 11.1. The van der Waals surface area contributed by atoms with E-state index in [2.05, 4.69) is 4.98 Å². The minimum Gasteiger partial charge on any atom is -0.487 e. The lowest BCUT2D eigenvalue weighted by Crippen LogP contribution is -2.29. The lowest BCUT2D eigenvalue weighted by atomic mass is 9.92. The first kappa shape index (κ1) is 22.3. The number of nitro groups is 1. The number of hydrogen-bond donors (Lipinski definition) is 0. The third-order valence-electron chi connectivity index (χ3n) is 5.88. The molecule has 0 fully saturated rings. The van der Waals surface area contributed by atoms with Crippen molar-refractivity contribution in [3.63, 3.8) is 0 Å². The van der Waals surface area contributed by atoms with Gasteiger partial charge >= 0.3 is 0 Å². The van der Waals surface area contributed by atoms with E-state index in [1.807, 2.05) is 48.5 Å². The number of ether oxygens (including phenoxy) is 2. The van der Waals surface area contributed by atoms with E-state index < -0.39 is 10.5 Å². The molecule has 0 saturated heterocycles. The maximum absolute atomic E-state index is 13.2. The van der Waals surface area contributed by atoms with Gasteiger partial charge in [0, 0.05) is 23.1 Å². The van der Waals surface area contributed by atoms with Crippen LogP contribution in [0.5, 0.6) is 5.75 Å². The molecule has 5 rings (SSSR count). The number of carbonyl (C=O) groups excluding carboxylic acids is 1. The molecule has 1 aliphatic rings. The summed E-state index contributed by atoms with van der Waals surface area (Å²) >= 11 is 0. The smallest absolute Gasteiger partial charge is 0.269 e. The third kappa shape index (κ3) is 4.36. The Morgan fingerprint density at radius 3 is 2.31 bits per heavy atom. The molecule has 174 valence electrons. The van der Waals surface area contributed by atoms with Gasteiger partial charge in [0.05, 0.1) is 21.7 Å². The van der Waals surface area contributed by atoms with Gasteiger partial charge in [-0.15, -0.1) is 0 Å². The number of rotatable bonds is 6. The third-order valence-corrected chi connectivity index (χ3v) is 5.88. The summed E-state index contributed by atoms with van der Waals surface area (Å²) in [5, 5.41) is 12.1. The van der Waals surface area contributed by atoms with Gasteiger partial charge in [0.15, 0.2) is 5.60 Å². The van der Waals surface area contributed by atoms with Crippen LogP contribution >= 0.6 is 0 Å². The van der Waals surface area contributed by atoms with Crippen LogP contribution in [0.1, 0.15) is 30.7 Å². The van der Waals surface area contributed by atoms with Gasteiger partial charge in [0.2, 0.25) is 5.78 Å². The summed E-state index contributed by atoms with van der Waals surface area (Å²) in [5.74, 6) is 0.899. The van der Waals surface area contributed by atoms with Crippen molar-refractivity contribution in [2.24, 2.45) is 0 Å². The van der Waals surface area contributed by atoms with Gasteiger partial charge < -0.3 is 9.47 Å². The zero-order valence-electron chi connectivity index (χ0n) is 19.2. The summed E-state index contributed by atoms with van der Waals surface area (Å²) in [6.07, 6.45) is 0. The average molecular weight is 466 g/mol. The monoisotopic (exact) mass is 466 g/mol. The molecule has 1 aromatic heterocycles. The Morgan fingerprint density at radius 1 is 0.914 bits per heavy atom. The number of para-hydroxylation sites is 1. The van der Waals surface area contributed by atoms with Gasteiger partial charge in [-0.25, -0.2) is 4.98 Å². The van der Waals surface area contributed by atoms with E-state index in [0.29, 0.717) is 34.8 Å². The molecule has 4 aromatic rings. The van der Waals surface area contributed by atoms with Crippen molar-refractivity contribution in [3.8, 4) is 5.75 Å². The number of carbonyl (C=O) groups is 1. The van der Waals surface area contributed by atoms with Gasteiger partial charge in [0.25, 0.3) is 5.69 Å². The van der Waals surface area contributed by atoms with E-state index in [4.69, 9.17) is 9.47 Å². The van der Waals surface area contributed by atoms with Gasteiger partial charge in [-0.05, 0) is 55.8 Å². The molecule has 3 aromatic carbocycles. The van der Waals surface area contributed by atoms with Crippen molar-refractivity contribution in [1.82, 2.24) is 4.98 Å². The van der Waals surface area contributed by atoms with Crippen LogP contribution < -0.4 is 4.74 Å². The maximum atomic E-state index is 13.2. The molecule has 0 saturated carbocycles. The first-order valence-electron chi connectivity index (χ1n) is 11.1. The summed E-state index contributed by atoms with van der Waals surface area (Å²) in [7, 11) is 0. The van der Waals surface area contributed by atoms with Crippen LogP contribution in [0.3, 0.4) is 0 Å². The maximum Gasteiger partial charge on any atom is 0.269 e.